The number of carboxylic acids is 1. The van der Waals surface area contributed by atoms with Crippen LogP contribution < -0.4 is 5.32 Å². The van der Waals surface area contributed by atoms with Gasteiger partial charge in [-0.3, -0.25) is 4.79 Å². The lowest BCUT2D eigenvalue weighted by Crippen LogP contribution is -2.47. The molecule has 0 radical (unpaired) electrons. The molecule has 1 aliphatic rings. The van der Waals surface area contributed by atoms with Gasteiger partial charge in [-0.1, -0.05) is 6.07 Å². The normalized spacial score (nSPS) is 23.9. The smallest absolute Gasteiger partial charge is 0.320 e. The molecule has 1 aromatic carbocycles. The van der Waals surface area contributed by atoms with Crippen molar-refractivity contribution in [3.05, 3.63) is 34.1 Å². The van der Waals surface area contributed by atoms with Crippen LogP contribution in [0.5, 0.6) is 0 Å². The summed E-state index contributed by atoms with van der Waals surface area (Å²) in [5, 5.41) is 12.1. The van der Waals surface area contributed by atoms with Crippen LogP contribution in [0.3, 0.4) is 0 Å². The van der Waals surface area contributed by atoms with Crippen LogP contribution in [0.4, 0.5) is 4.39 Å². The van der Waals surface area contributed by atoms with Crippen molar-refractivity contribution >= 4 is 21.9 Å². The van der Waals surface area contributed by atoms with E-state index >= 15 is 0 Å². The first-order valence-corrected chi connectivity index (χ1v) is 6.78. The molecule has 2 N–H and O–H groups in total. The predicted octanol–water partition coefficient (Wildman–Crippen LogP) is 2.73. The van der Waals surface area contributed by atoms with Crippen molar-refractivity contribution in [2.75, 3.05) is 0 Å². The van der Waals surface area contributed by atoms with Crippen molar-refractivity contribution in [3.63, 3.8) is 0 Å². The number of halogens is 2. The number of nitrogens with one attached hydrogen (secondary N) is 1. The summed E-state index contributed by atoms with van der Waals surface area (Å²) in [6.07, 6.45) is 3.28. The summed E-state index contributed by atoms with van der Waals surface area (Å²) in [7, 11) is 0. The molecule has 0 aliphatic carbocycles. The number of hydrogen-bond donors (Lipinski definition) is 2. The molecule has 1 fully saturated rings. The summed E-state index contributed by atoms with van der Waals surface area (Å²) in [4.78, 5) is 10.9. The highest BCUT2D eigenvalue weighted by Gasteiger charge is 2.25. The lowest BCUT2D eigenvalue weighted by Gasteiger charge is -2.28. The second-order valence-electron chi connectivity index (χ2n) is 4.64. The van der Waals surface area contributed by atoms with Gasteiger partial charge in [0.2, 0.25) is 0 Å². The first-order valence-electron chi connectivity index (χ1n) is 5.99. The number of aliphatic carboxylic acids is 1. The Bertz CT molecular complexity index is 453. The third kappa shape index (κ3) is 3.29. The van der Waals surface area contributed by atoms with Gasteiger partial charge >= 0.3 is 5.97 Å². The van der Waals surface area contributed by atoms with E-state index in [0.717, 1.165) is 24.8 Å². The molecule has 1 saturated heterocycles. The number of benzene rings is 1. The number of piperidine rings is 1. The van der Waals surface area contributed by atoms with Gasteiger partial charge in [0.15, 0.2) is 0 Å². The molecule has 18 heavy (non-hydrogen) atoms. The molecular formula is C13H15BrFNO2. The van der Waals surface area contributed by atoms with Crippen LogP contribution in [0, 0.1) is 5.82 Å². The van der Waals surface area contributed by atoms with Crippen LogP contribution in [0.15, 0.2) is 22.7 Å². The molecule has 0 saturated carbocycles. The Labute approximate surface area is 114 Å². The molecule has 0 aromatic heterocycles. The van der Waals surface area contributed by atoms with Gasteiger partial charge in [-0.15, -0.1) is 0 Å². The summed E-state index contributed by atoms with van der Waals surface area (Å²) >= 11 is 3.16. The fourth-order valence-corrected chi connectivity index (χ4v) is 2.75. The van der Waals surface area contributed by atoms with Gasteiger partial charge in [0.05, 0.1) is 4.47 Å². The van der Waals surface area contributed by atoms with Gasteiger partial charge in [-0.05, 0) is 59.3 Å². The zero-order valence-electron chi connectivity index (χ0n) is 9.83. The third-order valence-corrected chi connectivity index (χ3v) is 3.85. The van der Waals surface area contributed by atoms with Crippen LogP contribution in [0.1, 0.15) is 24.8 Å². The summed E-state index contributed by atoms with van der Waals surface area (Å²) in [6.45, 7) is 0. The lowest BCUT2D eigenvalue weighted by atomic mass is 9.94. The number of carboxylic acid groups (broad SMARTS) is 1. The van der Waals surface area contributed by atoms with E-state index in [9.17, 15) is 9.18 Å². The van der Waals surface area contributed by atoms with E-state index in [1.54, 1.807) is 12.1 Å². The van der Waals surface area contributed by atoms with Gasteiger partial charge in [0.1, 0.15) is 11.9 Å². The Kier molecular flexibility index (Phi) is 4.35. The van der Waals surface area contributed by atoms with E-state index in [4.69, 9.17) is 5.11 Å². The predicted molar refractivity (Wildman–Crippen MR) is 70.0 cm³/mol. The van der Waals surface area contributed by atoms with Crippen molar-refractivity contribution in [1.29, 1.82) is 0 Å². The van der Waals surface area contributed by atoms with E-state index < -0.39 is 12.0 Å². The SMILES string of the molecule is O=C(O)C1CCCC(Cc2ccc(F)c(Br)c2)N1. The van der Waals surface area contributed by atoms with Crippen LogP contribution in [-0.2, 0) is 11.2 Å². The first kappa shape index (κ1) is 13.5. The van der Waals surface area contributed by atoms with Crippen LogP contribution in [-0.4, -0.2) is 23.2 Å². The van der Waals surface area contributed by atoms with E-state index in [1.165, 1.54) is 6.07 Å². The summed E-state index contributed by atoms with van der Waals surface area (Å²) in [5.41, 5.74) is 1.01. The zero-order valence-corrected chi connectivity index (χ0v) is 11.4. The molecular weight excluding hydrogens is 301 g/mol. The molecule has 2 unspecified atom stereocenters. The van der Waals surface area contributed by atoms with E-state index in [0.29, 0.717) is 10.9 Å². The highest BCUT2D eigenvalue weighted by atomic mass is 79.9. The minimum Gasteiger partial charge on any atom is -0.480 e. The zero-order chi connectivity index (χ0) is 13.1. The summed E-state index contributed by atoms with van der Waals surface area (Å²) < 4.78 is 13.6. The molecule has 2 atom stereocenters. The van der Waals surface area contributed by atoms with Crippen molar-refractivity contribution in [1.82, 2.24) is 5.32 Å². The Hall–Kier alpha value is -0.940. The minimum atomic E-state index is -0.792. The fourth-order valence-electron chi connectivity index (χ4n) is 2.33. The fraction of sp³-hybridized carbons (Fsp3) is 0.462. The third-order valence-electron chi connectivity index (χ3n) is 3.25. The maximum Gasteiger partial charge on any atom is 0.320 e. The molecule has 0 spiro atoms. The van der Waals surface area contributed by atoms with Gasteiger partial charge in [0.25, 0.3) is 0 Å². The average molecular weight is 316 g/mol. The van der Waals surface area contributed by atoms with Crippen molar-refractivity contribution < 1.29 is 14.3 Å². The molecule has 0 amide bonds. The molecule has 5 heteroatoms. The second kappa shape index (κ2) is 5.80. The van der Waals surface area contributed by atoms with E-state index in [-0.39, 0.29) is 11.9 Å². The Morgan fingerprint density at radius 1 is 1.50 bits per heavy atom. The Balaban J connectivity index is 2.00. The highest BCUT2D eigenvalue weighted by Crippen LogP contribution is 2.21. The topological polar surface area (TPSA) is 49.3 Å². The molecule has 0 bridgehead atoms. The maximum absolute atomic E-state index is 13.1. The molecule has 98 valence electrons. The standard InChI is InChI=1S/C13H15BrFNO2/c14-10-7-8(4-5-11(10)15)6-9-2-1-3-12(16-9)13(17)18/h4-5,7,9,12,16H,1-3,6H2,(H,17,18). The molecule has 2 rings (SSSR count). The molecule has 1 heterocycles. The maximum atomic E-state index is 13.1. The highest BCUT2D eigenvalue weighted by molar-refractivity contribution is 9.10. The van der Waals surface area contributed by atoms with Crippen LogP contribution in [0.2, 0.25) is 0 Å². The van der Waals surface area contributed by atoms with Crippen molar-refractivity contribution in [2.24, 2.45) is 0 Å². The van der Waals surface area contributed by atoms with Gasteiger partial charge in [-0.2, -0.15) is 0 Å². The largest absolute Gasteiger partial charge is 0.480 e. The number of carbonyl (C=O) groups is 1. The van der Waals surface area contributed by atoms with Gasteiger partial charge in [0, 0.05) is 6.04 Å². The van der Waals surface area contributed by atoms with Crippen molar-refractivity contribution in [3.8, 4) is 0 Å². The second-order valence-corrected chi connectivity index (χ2v) is 5.49. The lowest BCUT2D eigenvalue weighted by molar-refractivity contribution is -0.140. The van der Waals surface area contributed by atoms with Gasteiger partial charge < -0.3 is 10.4 Å². The Morgan fingerprint density at radius 3 is 2.94 bits per heavy atom. The van der Waals surface area contributed by atoms with E-state index in [1.807, 2.05) is 0 Å². The minimum absolute atomic E-state index is 0.150. The summed E-state index contributed by atoms with van der Waals surface area (Å²) in [5.74, 6) is -1.07. The Morgan fingerprint density at radius 2 is 2.28 bits per heavy atom. The van der Waals surface area contributed by atoms with E-state index in [2.05, 4.69) is 21.2 Å². The monoisotopic (exact) mass is 315 g/mol. The average Bonchev–Trinajstić information content (AvgIpc) is 2.34. The molecule has 1 aromatic rings. The van der Waals surface area contributed by atoms with Crippen LogP contribution in [0.25, 0.3) is 0 Å². The van der Waals surface area contributed by atoms with Crippen LogP contribution >= 0.6 is 15.9 Å². The van der Waals surface area contributed by atoms with Gasteiger partial charge in [-0.25, -0.2) is 4.39 Å². The summed E-state index contributed by atoms with van der Waals surface area (Å²) in [6, 6.07) is 4.62. The number of rotatable bonds is 3. The number of hydrogen-bond acceptors (Lipinski definition) is 2. The van der Waals surface area contributed by atoms with Crippen molar-refractivity contribution in [2.45, 2.75) is 37.8 Å². The quantitative estimate of drug-likeness (QED) is 0.901. The molecule has 3 nitrogen and oxygen atoms in total. The first-order chi connectivity index (χ1) is 8.56. The molecule has 1 aliphatic heterocycles.